The summed E-state index contributed by atoms with van der Waals surface area (Å²) in [6.07, 6.45) is 6.69. The van der Waals surface area contributed by atoms with Crippen molar-refractivity contribution in [3.63, 3.8) is 0 Å². The number of aromatic nitrogens is 5. The lowest BCUT2D eigenvalue weighted by atomic mass is 10.2. The van der Waals surface area contributed by atoms with Crippen LogP contribution in [-0.4, -0.2) is 44.0 Å². The van der Waals surface area contributed by atoms with E-state index in [9.17, 15) is 4.79 Å². The lowest BCUT2D eigenvalue weighted by Crippen LogP contribution is -2.12. The Kier molecular flexibility index (Phi) is 3.87. The molecule has 0 radical (unpaired) electrons. The van der Waals surface area contributed by atoms with E-state index in [0.29, 0.717) is 30.0 Å². The summed E-state index contributed by atoms with van der Waals surface area (Å²) in [7, 11) is 1.65. The van der Waals surface area contributed by atoms with Crippen molar-refractivity contribution in [3.8, 4) is 0 Å². The monoisotopic (exact) mass is 336 g/mol. The maximum Gasteiger partial charge on any atom is 0.261 e. The summed E-state index contributed by atoms with van der Waals surface area (Å²) in [5.41, 5.74) is 2.57. The molecule has 4 rings (SSSR count). The maximum absolute atomic E-state index is 12.6. The molecule has 0 aliphatic rings. The number of carbonyl (C=O) groups is 1. The number of ether oxygens (including phenoxy) is 1. The van der Waals surface area contributed by atoms with Gasteiger partial charge in [-0.3, -0.25) is 9.48 Å². The molecule has 8 nitrogen and oxygen atoms in total. The van der Waals surface area contributed by atoms with Crippen molar-refractivity contribution in [1.82, 2.24) is 24.4 Å². The van der Waals surface area contributed by atoms with E-state index in [4.69, 9.17) is 4.74 Å². The standard InChI is InChI=1S/C17H16N6O2/c1-25-8-7-22-15-9-13(4-3-12(15)10-19-22)21-17(24)14-11-20-23-6-2-5-18-16(14)23/h2-6,9-11H,7-8H2,1H3,(H,21,24). The molecule has 4 aromatic rings. The quantitative estimate of drug-likeness (QED) is 0.602. The number of amides is 1. The van der Waals surface area contributed by atoms with Crippen molar-refractivity contribution in [2.75, 3.05) is 19.0 Å². The lowest BCUT2D eigenvalue weighted by Gasteiger charge is -2.06. The zero-order valence-corrected chi connectivity index (χ0v) is 13.6. The molecule has 3 aromatic heterocycles. The summed E-state index contributed by atoms with van der Waals surface area (Å²) in [5.74, 6) is -0.254. The number of carbonyl (C=O) groups excluding carboxylic acids is 1. The van der Waals surface area contributed by atoms with Gasteiger partial charge in [0.2, 0.25) is 0 Å². The fraction of sp³-hybridized carbons (Fsp3) is 0.176. The fourth-order valence-electron chi connectivity index (χ4n) is 2.69. The lowest BCUT2D eigenvalue weighted by molar-refractivity contribution is 0.102. The van der Waals surface area contributed by atoms with Crippen LogP contribution in [0.1, 0.15) is 10.4 Å². The minimum Gasteiger partial charge on any atom is -0.383 e. The maximum atomic E-state index is 12.6. The number of nitrogens with zero attached hydrogens (tertiary/aromatic N) is 5. The highest BCUT2D eigenvalue weighted by atomic mass is 16.5. The van der Waals surface area contributed by atoms with Gasteiger partial charge in [0.25, 0.3) is 5.91 Å². The van der Waals surface area contributed by atoms with Crippen LogP contribution in [0.5, 0.6) is 0 Å². The Bertz CT molecular complexity index is 1050. The summed E-state index contributed by atoms with van der Waals surface area (Å²) >= 11 is 0. The van der Waals surface area contributed by atoms with Crippen LogP contribution in [0, 0.1) is 0 Å². The number of hydrogen-bond acceptors (Lipinski definition) is 5. The Hall–Kier alpha value is -3.26. The molecule has 0 saturated carbocycles. The second kappa shape index (κ2) is 6.33. The summed E-state index contributed by atoms with van der Waals surface area (Å²) in [4.78, 5) is 16.8. The number of rotatable bonds is 5. The largest absolute Gasteiger partial charge is 0.383 e. The molecule has 0 atom stereocenters. The SMILES string of the molecule is COCCn1ncc2ccc(NC(=O)c3cnn4cccnc34)cc21. The second-order valence-corrected chi connectivity index (χ2v) is 5.53. The third kappa shape index (κ3) is 2.83. The molecule has 0 saturated heterocycles. The number of anilines is 1. The Balaban J connectivity index is 1.62. The van der Waals surface area contributed by atoms with Crippen molar-refractivity contribution < 1.29 is 9.53 Å². The van der Waals surface area contributed by atoms with Crippen molar-refractivity contribution >= 4 is 28.1 Å². The Morgan fingerprint density at radius 2 is 2.20 bits per heavy atom. The highest BCUT2D eigenvalue weighted by molar-refractivity contribution is 6.08. The summed E-state index contributed by atoms with van der Waals surface area (Å²) in [6.45, 7) is 1.22. The number of nitrogens with one attached hydrogen (secondary N) is 1. The molecule has 0 fully saturated rings. The smallest absolute Gasteiger partial charge is 0.261 e. The minimum absolute atomic E-state index is 0.254. The van der Waals surface area contributed by atoms with Crippen LogP contribution in [0.15, 0.2) is 49.1 Å². The topological polar surface area (TPSA) is 86.3 Å². The predicted octanol–water partition coefficient (Wildman–Crippen LogP) is 1.98. The molecule has 25 heavy (non-hydrogen) atoms. The molecule has 0 spiro atoms. The third-order valence-corrected chi connectivity index (χ3v) is 3.93. The van der Waals surface area contributed by atoms with E-state index in [1.165, 1.54) is 6.20 Å². The van der Waals surface area contributed by atoms with Gasteiger partial charge in [0.05, 0.1) is 31.1 Å². The van der Waals surface area contributed by atoms with E-state index in [1.54, 1.807) is 36.3 Å². The van der Waals surface area contributed by atoms with Gasteiger partial charge in [-0.2, -0.15) is 10.2 Å². The van der Waals surface area contributed by atoms with Crippen molar-refractivity contribution in [2.24, 2.45) is 0 Å². The van der Waals surface area contributed by atoms with Crippen molar-refractivity contribution in [2.45, 2.75) is 6.54 Å². The van der Waals surface area contributed by atoms with Crippen LogP contribution in [0.25, 0.3) is 16.6 Å². The van der Waals surface area contributed by atoms with E-state index in [2.05, 4.69) is 20.5 Å². The highest BCUT2D eigenvalue weighted by Crippen LogP contribution is 2.20. The van der Waals surface area contributed by atoms with E-state index in [0.717, 1.165) is 10.9 Å². The number of benzene rings is 1. The van der Waals surface area contributed by atoms with Gasteiger partial charge in [-0.1, -0.05) is 0 Å². The Labute approximate surface area is 143 Å². The molecule has 0 aliphatic carbocycles. The van der Waals surface area contributed by atoms with E-state index >= 15 is 0 Å². The van der Waals surface area contributed by atoms with Gasteiger partial charge in [-0.15, -0.1) is 0 Å². The first-order valence-corrected chi connectivity index (χ1v) is 7.80. The Morgan fingerprint density at radius 1 is 1.28 bits per heavy atom. The van der Waals surface area contributed by atoms with Gasteiger partial charge in [-0.25, -0.2) is 9.50 Å². The number of methoxy groups -OCH3 is 1. The van der Waals surface area contributed by atoms with E-state index in [1.807, 2.05) is 22.9 Å². The molecule has 3 heterocycles. The second-order valence-electron chi connectivity index (χ2n) is 5.53. The van der Waals surface area contributed by atoms with Crippen molar-refractivity contribution in [3.05, 3.63) is 54.6 Å². The summed E-state index contributed by atoms with van der Waals surface area (Å²) < 4.78 is 8.52. The van der Waals surface area contributed by atoms with E-state index in [-0.39, 0.29) is 5.91 Å². The molecule has 0 unspecified atom stereocenters. The van der Waals surface area contributed by atoms with Crippen LogP contribution in [-0.2, 0) is 11.3 Å². The zero-order valence-electron chi connectivity index (χ0n) is 13.6. The van der Waals surface area contributed by atoms with Gasteiger partial charge in [0.1, 0.15) is 5.56 Å². The first-order valence-electron chi connectivity index (χ1n) is 7.80. The summed E-state index contributed by atoms with van der Waals surface area (Å²) in [5, 5.41) is 12.4. The van der Waals surface area contributed by atoms with E-state index < -0.39 is 0 Å². The van der Waals surface area contributed by atoms with Gasteiger partial charge < -0.3 is 10.1 Å². The van der Waals surface area contributed by atoms with Gasteiger partial charge >= 0.3 is 0 Å². The predicted molar refractivity (Wildman–Crippen MR) is 92.5 cm³/mol. The van der Waals surface area contributed by atoms with Gasteiger partial charge in [-0.05, 0) is 24.3 Å². The normalized spacial score (nSPS) is 11.2. The van der Waals surface area contributed by atoms with Crippen LogP contribution in [0.3, 0.4) is 0 Å². The first-order chi connectivity index (χ1) is 12.3. The molecule has 1 aromatic carbocycles. The number of hydrogen-bond donors (Lipinski definition) is 1. The van der Waals surface area contributed by atoms with Crippen LogP contribution in [0.4, 0.5) is 5.69 Å². The van der Waals surface area contributed by atoms with Gasteiger partial charge in [0, 0.05) is 30.6 Å². The first kappa shape index (κ1) is 15.3. The molecule has 0 bridgehead atoms. The molecule has 8 heteroatoms. The molecular formula is C17H16N6O2. The Morgan fingerprint density at radius 3 is 3.08 bits per heavy atom. The van der Waals surface area contributed by atoms with Crippen molar-refractivity contribution in [1.29, 1.82) is 0 Å². The fourth-order valence-corrected chi connectivity index (χ4v) is 2.69. The third-order valence-electron chi connectivity index (χ3n) is 3.93. The average Bonchev–Trinajstić information content (AvgIpc) is 3.24. The molecular weight excluding hydrogens is 320 g/mol. The molecule has 1 N–H and O–H groups in total. The zero-order chi connectivity index (χ0) is 17.2. The molecule has 0 aliphatic heterocycles. The molecule has 1 amide bonds. The minimum atomic E-state index is -0.254. The van der Waals surface area contributed by atoms with Crippen LogP contribution >= 0.6 is 0 Å². The molecule has 126 valence electrons. The van der Waals surface area contributed by atoms with Crippen LogP contribution in [0.2, 0.25) is 0 Å². The van der Waals surface area contributed by atoms with Gasteiger partial charge in [0.15, 0.2) is 5.65 Å². The van der Waals surface area contributed by atoms with Crippen LogP contribution < -0.4 is 5.32 Å². The number of fused-ring (bicyclic) bond motifs is 2. The average molecular weight is 336 g/mol. The highest BCUT2D eigenvalue weighted by Gasteiger charge is 2.14. The summed E-state index contributed by atoms with van der Waals surface area (Å²) in [6, 6.07) is 7.43.